The SMILES string of the molecule is [B]C(=O)CCCCCCCC. The Morgan fingerprint density at radius 3 is 2.18 bits per heavy atom. The van der Waals surface area contributed by atoms with E-state index in [0.717, 1.165) is 12.8 Å². The largest absolute Gasteiger partial charge is 0.313 e. The Morgan fingerprint density at radius 1 is 1.09 bits per heavy atom. The summed E-state index contributed by atoms with van der Waals surface area (Å²) in [7, 11) is 4.99. The topological polar surface area (TPSA) is 17.1 Å². The van der Waals surface area contributed by atoms with Crippen LogP contribution in [-0.2, 0) is 4.79 Å². The second kappa shape index (κ2) is 7.84. The predicted molar refractivity (Wildman–Crippen MR) is 48.8 cm³/mol. The van der Waals surface area contributed by atoms with Gasteiger partial charge in [0.1, 0.15) is 0 Å². The monoisotopic (exact) mass is 152 g/mol. The third-order valence-corrected chi connectivity index (χ3v) is 1.78. The highest BCUT2D eigenvalue weighted by molar-refractivity contribution is 6.57. The summed E-state index contributed by atoms with van der Waals surface area (Å²) in [6, 6.07) is 0. The zero-order valence-electron chi connectivity index (χ0n) is 7.44. The average Bonchev–Trinajstić information content (AvgIpc) is 1.96. The zero-order valence-corrected chi connectivity index (χ0v) is 7.44. The fourth-order valence-electron chi connectivity index (χ4n) is 1.08. The molecule has 0 aromatic carbocycles. The normalized spacial score (nSPS) is 9.91. The molecule has 1 nitrogen and oxygen atoms in total. The van der Waals surface area contributed by atoms with E-state index in [1.54, 1.807) is 0 Å². The van der Waals surface area contributed by atoms with E-state index in [0.29, 0.717) is 6.42 Å². The number of carbonyl (C=O) groups excluding carboxylic acids is 1. The summed E-state index contributed by atoms with van der Waals surface area (Å²) in [6.07, 6.45) is 7.83. The van der Waals surface area contributed by atoms with Gasteiger partial charge in [0.15, 0.2) is 7.85 Å². The van der Waals surface area contributed by atoms with Crippen LogP contribution in [0.1, 0.15) is 51.9 Å². The molecule has 0 atom stereocenters. The first-order valence-electron chi connectivity index (χ1n) is 4.55. The second-order valence-electron chi connectivity index (χ2n) is 2.98. The minimum absolute atomic E-state index is 0.166. The van der Waals surface area contributed by atoms with E-state index in [9.17, 15) is 4.79 Å². The molecule has 62 valence electrons. The maximum Gasteiger partial charge on any atom is 0.167 e. The molecule has 0 amide bonds. The molecule has 0 aliphatic rings. The van der Waals surface area contributed by atoms with Crippen LogP contribution in [-0.4, -0.2) is 13.5 Å². The van der Waals surface area contributed by atoms with Crippen LogP contribution in [0.3, 0.4) is 0 Å². The number of unbranched alkanes of at least 4 members (excludes halogenated alkanes) is 5. The molecule has 11 heavy (non-hydrogen) atoms. The third-order valence-electron chi connectivity index (χ3n) is 1.78. The van der Waals surface area contributed by atoms with Gasteiger partial charge in [-0.25, -0.2) is 0 Å². The lowest BCUT2D eigenvalue weighted by atomic mass is 9.96. The second-order valence-corrected chi connectivity index (χ2v) is 2.98. The van der Waals surface area contributed by atoms with Gasteiger partial charge in [0.05, 0.1) is 5.68 Å². The molecule has 0 spiro atoms. The van der Waals surface area contributed by atoms with E-state index in [2.05, 4.69) is 6.92 Å². The van der Waals surface area contributed by atoms with Crippen molar-refractivity contribution in [1.82, 2.24) is 0 Å². The molecular formula is C9H17BO. The molecule has 0 heterocycles. The van der Waals surface area contributed by atoms with Crippen molar-refractivity contribution < 1.29 is 4.79 Å². The van der Waals surface area contributed by atoms with E-state index < -0.39 is 0 Å². The van der Waals surface area contributed by atoms with Crippen molar-refractivity contribution >= 4 is 13.5 Å². The number of hydrogen-bond donors (Lipinski definition) is 0. The summed E-state index contributed by atoms with van der Waals surface area (Å²) in [4.78, 5) is 10.3. The van der Waals surface area contributed by atoms with Gasteiger partial charge in [0.25, 0.3) is 0 Å². The van der Waals surface area contributed by atoms with Gasteiger partial charge >= 0.3 is 0 Å². The summed E-state index contributed by atoms with van der Waals surface area (Å²) in [6.45, 7) is 2.20. The Bertz CT molecular complexity index is 102. The highest BCUT2D eigenvalue weighted by atomic mass is 16.1. The van der Waals surface area contributed by atoms with E-state index in [1.165, 1.54) is 25.7 Å². The van der Waals surface area contributed by atoms with Crippen molar-refractivity contribution in [2.45, 2.75) is 51.9 Å². The number of carbonyl (C=O) groups is 1. The molecule has 0 aliphatic carbocycles. The maximum atomic E-state index is 10.3. The Morgan fingerprint density at radius 2 is 1.64 bits per heavy atom. The average molecular weight is 152 g/mol. The molecule has 0 saturated carbocycles. The van der Waals surface area contributed by atoms with Gasteiger partial charge in [-0.1, -0.05) is 39.0 Å². The zero-order chi connectivity index (χ0) is 8.53. The van der Waals surface area contributed by atoms with Gasteiger partial charge in [0, 0.05) is 0 Å². The van der Waals surface area contributed by atoms with Crippen LogP contribution in [0.2, 0.25) is 0 Å². The fourth-order valence-corrected chi connectivity index (χ4v) is 1.08. The molecule has 0 aliphatic heterocycles. The Hall–Kier alpha value is -0.265. The summed E-state index contributed by atoms with van der Waals surface area (Å²) in [5, 5.41) is 0. The molecule has 0 unspecified atom stereocenters. The van der Waals surface area contributed by atoms with E-state index in [-0.39, 0.29) is 5.68 Å². The molecule has 0 saturated heterocycles. The van der Waals surface area contributed by atoms with Crippen molar-refractivity contribution in [1.29, 1.82) is 0 Å². The molecule has 0 N–H and O–H groups in total. The van der Waals surface area contributed by atoms with Crippen LogP contribution < -0.4 is 0 Å². The molecule has 2 radical (unpaired) electrons. The smallest absolute Gasteiger partial charge is 0.167 e. The van der Waals surface area contributed by atoms with Gasteiger partial charge in [-0.2, -0.15) is 0 Å². The minimum Gasteiger partial charge on any atom is -0.313 e. The molecule has 0 rings (SSSR count). The van der Waals surface area contributed by atoms with Crippen LogP contribution in [0.25, 0.3) is 0 Å². The van der Waals surface area contributed by atoms with Crippen molar-refractivity contribution in [3.8, 4) is 0 Å². The van der Waals surface area contributed by atoms with Gasteiger partial charge < -0.3 is 4.79 Å². The van der Waals surface area contributed by atoms with E-state index in [1.807, 2.05) is 0 Å². The standard InChI is InChI=1S/C9H17BO/c1-2-3-4-5-6-7-8-9(10)11/h2-8H2,1H3. The van der Waals surface area contributed by atoms with Crippen molar-refractivity contribution in [2.75, 3.05) is 0 Å². The molecule has 0 bridgehead atoms. The van der Waals surface area contributed by atoms with Crippen molar-refractivity contribution in [3.63, 3.8) is 0 Å². The third kappa shape index (κ3) is 9.73. The predicted octanol–water partition coefficient (Wildman–Crippen LogP) is 2.43. The van der Waals surface area contributed by atoms with Gasteiger partial charge in [-0.05, 0) is 12.8 Å². The molecule has 0 aromatic rings. The van der Waals surface area contributed by atoms with E-state index in [4.69, 9.17) is 7.85 Å². The Labute approximate surface area is 71.0 Å². The molecular weight excluding hydrogens is 135 g/mol. The van der Waals surface area contributed by atoms with Gasteiger partial charge in [-0.3, -0.25) is 0 Å². The first-order chi connectivity index (χ1) is 5.27. The first kappa shape index (κ1) is 10.7. The maximum absolute atomic E-state index is 10.3. The summed E-state index contributed by atoms with van der Waals surface area (Å²) >= 11 is 0. The summed E-state index contributed by atoms with van der Waals surface area (Å²) in [5.74, 6) is 0. The highest BCUT2D eigenvalue weighted by Crippen LogP contribution is 2.06. The minimum atomic E-state index is -0.166. The first-order valence-corrected chi connectivity index (χ1v) is 4.55. The van der Waals surface area contributed by atoms with Crippen LogP contribution in [0, 0.1) is 0 Å². The fraction of sp³-hybridized carbons (Fsp3) is 0.889. The molecule has 0 fully saturated rings. The number of hydrogen-bond acceptors (Lipinski definition) is 1. The van der Waals surface area contributed by atoms with Crippen LogP contribution in [0.15, 0.2) is 0 Å². The molecule has 2 heteroatoms. The molecule has 0 aromatic heterocycles. The van der Waals surface area contributed by atoms with Crippen LogP contribution in [0.4, 0.5) is 0 Å². The van der Waals surface area contributed by atoms with E-state index >= 15 is 0 Å². The van der Waals surface area contributed by atoms with Crippen LogP contribution in [0.5, 0.6) is 0 Å². The quantitative estimate of drug-likeness (QED) is 0.404. The highest BCUT2D eigenvalue weighted by Gasteiger charge is 1.92. The number of rotatable bonds is 7. The van der Waals surface area contributed by atoms with Gasteiger partial charge in [0.2, 0.25) is 0 Å². The Kier molecular flexibility index (Phi) is 7.65. The summed E-state index contributed by atoms with van der Waals surface area (Å²) in [5.41, 5.74) is -0.166. The van der Waals surface area contributed by atoms with Crippen molar-refractivity contribution in [2.24, 2.45) is 0 Å². The van der Waals surface area contributed by atoms with Crippen molar-refractivity contribution in [3.05, 3.63) is 0 Å². The summed E-state index contributed by atoms with van der Waals surface area (Å²) < 4.78 is 0. The lowest BCUT2D eigenvalue weighted by Gasteiger charge is -1.97. The van der Waals surface area contributed by atoms with Crippen LogP contribution >= 0.6 is 0 Å². The lowest BCUT2D eigenvalue weighted by molar-refractivity contribution is -0.111. The van der Waals surface area contributed by atoms with Gasteiger partial charge in [-0.15, -0.1) is 0 Å². The Balaban J connectivity index is 2.85. The lowest BCUT2D eigenvalue weighted by Crippen LogP contribution is -1.94.